The summed E-state index contributed by atoms with van der Waals surface area (Å²) in [5, 5.41) is 11.9. The zero-order chi connectivity index (χ0) is 20.4. The fourth-order valence-corrected chi connectivity index (χ4v) is 3.05. The number of H-pyrrole nitrogens is 1. The number of amides is 1. The normalized spacial score (nSPS) is 10.5. The number of aromatic nitrogens is 2. The first kappa shape index (κ1) is 18.3. The third kappa shape index (κ3) is 3.66. The Morgan fingerprint density at radius 2 is 1.90 bits per heavy atom. The van der Waals surface area contributed by atoms with E-state index in [0.717, 1.165) is 22.2 Å². The number of aromatic amines is 1. The second kappa shape index (κ2) is 7.49. The van der Waals surface area contributed by atoms with Gasteiger partial charge in [-0.3, -0.25) is 4.79 Å². The van der Waals surface area contributed by atoms with Crippen molar-refractivity contribution in [2.45, 2.75) is 6.92 Å². The van der Waals surface area contributed by atoms with Crippen LogP contribution in [0.3, 0.4) is 0 Å². The minimum Gasteiger partial charge on any atom is -0.497 e. The largest absolute Gasteiger partial charge is 0.497 e. The minimum absolute atomic E-state index is 0.210. The summed E-state index contributed by atoms with van der Waals surface area (Å²) in [7, 11) is 1.59. The van der Waals surface area contributed by atoms with Gasteiger partial charge in [0.1, 0.15) is 11.6 Å². The summed E-state index contributed by atoms with van der Waals surface area (Å²) in [6, 6.07) is 20.2. The summed E-state index contributed by atoms with van der Waals surface area (Å²) in [4.78, 5) is 20.6. The average Bonchev–Trinajstić information content (AvgIpc) is 3.18. The van der Waals surface area contributed by atoms with E-state index < -0.39 is 0 Å². The van der Waals surface area contributed by atoms with Crippen molar-refractivity contribution in [2.75, 3.05) is 12.4 Å². The van der Waals surface area contributed by atoms with Crippen LogP contribution in [0.1, 0.15) is 21.5 Å². The molecule has 0 aliphatic carbocycles. The van der Waals surface area contributed by atoms with Gasteiger partial charge in [-0.15, -0.1) is 0 Å². The zero-order valence-electron chi connectivity index (χ0n) is 16.0. The molecule has 0 saturated heterocycles. The van der Waals surface area contributed by atoms with Gasteiger partial charge >= 0.3 is 0 Å². The fourth-order valence-electron chi connectivity index (χ4n) is 3.05. The number of hydrogen-bond acceptors (Lipinski definition) is 4. The molecule has 6 nitrogen and oxygen atoms in total. The Hall–Kier alpha value is -4.11. The smallest absolute Gasteiger partial charge is 0.255 e. The van der Waals surface area contributed by atoms with E-state index in [4.69, 9.17) is 10.00 Å². The first-order chi connectivity index (χ1) is 14.1. The van der Waals surface area contributed by atoms with Gasteiger partial charge in [0.05, 0.1) is 29.8 Å². The highest BCUT2D eigenvalue weighted by Crippen LogP contribution is 2.24. The van der Waals surface area contributed by atoms with Crippen LogP contribution in [0.5, 0.6) is 5.75 Å². The summed E-state index contributed by atoms with van der Waals surface area (Å²) in [5.41, 5.74) is 5.17. The van der Waals surface area contributed by atoms with Gasteiger partial charge in [0.15, 0.2) is 0 Å². The molecule has 0 unspecified atom stereocenters. The quantitative estimate of drug-likeness (QED) is 0.536. The molecule has 0 aliphatic rings. The molecule has 0 aliphatic heterocycles. The van der Waals surface area contributed by atoms with E-state index in [2.05, 4.69) is 21.4 Å². The van der Waals surface area contributed by atoms with Crippen LogP contribution in [0.4, 0.5) is 5.69 Å². The van der Waals surface area contributed by atoms with Crippen LogP contribution < -0.4 is 10.1 Å². The Balaban J connectivity index is 1.61. The fraction of sp³-hybridized carbons (Fsp3) is 0.0870. The number of methoxy groups -OCH3 is 1. The molecule has 4 rings (SSSR count). The second-order valence-electron chi connectivity index (χ2n) is 6.64. The Morgan fingerprint density at radius 3 is 2.62 bits per heavy atom. The van der Waals surface area contributed by atoms with Crippen molar-refractivity contribution in [1.82, 2.24) is 9.97 Å². The molecule has 1 heterocycles. The SMILES string of the molecule is COc1ccc(C)c(NC(=O)c2ccc3nc(-c4ccc(C#N)cc4)[nH]c3c2)c1. The van der Waals surface area contributed by atoms with Crippen molar-refractivity contribution in [3.05, 3.63) is 77.4 Å². The van der Waals surface area contributed by atoms with Gasteiger partial charge in [0.2, 0.25) is 0 Å². The van der Waals surface area contributed by atoms with Crippen LogP contribution in [0.25, 0.3) is 22.4 Å². The van der Waals surface area contributed by atoms with Crippen molar-refractivity contribution >= 4 is 22.6 Å². The minimum atomic E-state index is -0.210. The lowest BCUT2D eigenvalue weighted by molar-refractivity contribution is 0.102. The number of aryl methyl sites for hydroxylation is 1. The van der Waals surface area contributed by atoms with Crippen LogP contribution in [0.15, 0.2) is 60.7 Å². The highest BCUT2D eigenvalue weighted by Gasteiger charge is 2.12. The van der Waals surface area contributed by atoms with E-state index in [1.54, 1.807) is 37.4 Å². The number of anilines is 1. The molecule has 1 amide bonds. The number of nitrogens with zero attached hydrogens (tertiary/aromatic N) is 2. The topological polar surface area (TPSA) is 90.8 Å². The lowest BCUT2D eigenvalue weighted by atomic mass is 10.1. The Morgan fingerprint density at radius 1 is 1.10 bits per heavy atom. The van der Waals surface area contributed by atoms with Gasteiger partial charge in [0, 0.05) is 22.9 Å². The summed E-state index contributed by atoms with van der Waals surface area (Å²) in [5.74, 6) is 1.16. The summed E-state index contributed by atoms with van der Waals surface area (Å²) < 4.78 is 5.23. The van der Waals surface area contributed by atoms with Gasteiger partial charge in [-0.05, 0) is 61.0 Å². The number of fused-ring (bicyclic) bond motifs is 1. The van der Waals surface area contributed by atoms with Crippen LogP contribution >= 0.6 is 0 Å². The Bertz CT molecular complexity index is 1250. The third-order valence-electron chi connectivity index (χ3n) is 4.72. The summed E-state index contributed by atoms with van der Waals surface area (Å²) >= 11 is 0. The first-order valence-electron chi connectivity index (χ1n) is 9.03. The lowest BCUT2D eigenvalue weighted by Crippen LogP contribution is -2.12. The number of nitrogens with one attached hydrogen (secondary N) is 2. The molecule has 142 valence electrons. The van der Waals surface area contributed by atoms with E-state index >= 15 is 0 Å². The number of carbonyl (C=O) groups excluding carboxylic acids is 1. The maximum atomic E-state index is 12.7. The average molecular weight is 382 g/mol. The Labute approximate surface area is 167 Å². The summed E-state index contributed by atoms with van der Waals surface area (Å²) in [6.45, 7) is 1.93. The number of ether oxygens (including phenoxy) is 1. The first-order valence-corrected chi connectivity index (χ1v) is 9.03. The van der Waals surface area contributed by atoms with E-state index in [-0.39, 0.29) is 5.91 Å². The van der Waals surface area contributed by atoms with Gasteiger partial charge in [-0.2, -0.15) is 5.26 Å². The predicted molar refractivity (Wildman–Crippen MR) is 112 cm³/mol. The van der Waals surface area contributed by atoms with Crippen molar-refractivity contribution in [3.63, 3.8) is 0 Å². The Kier molecular flexibility index (Phi) is 4.71. The number of rotatable bonds is 4. The molecule has 2 N–H and O–H groups in total. The second-order valence-corrected chi connectivity index (χ2v) is 6.64. The molecule has 29 heavy (non-hydrogen) atoms. The zero-order valence-corrected chi connectivity index (χ0v) is 16.0. The maximum Gasteiger partial charge on any atom is 0.255 e. The third-order valence-corrected chi connectivity index (χ3v) is 4.72. The molecule has 0 saturated carbocycles. The monoisotopic (exact) mass is 382 g/mol. The molecule has 0 fully saturated rings. The summed E-state index contributed by atoms with van der Waals surface area (Å²) in [6.07, 6.45) is 0. The van der Waals surface area contributed by atoms with Crippen LogP contribution in [0, 0.1) is 18.3 Å². The predicted octanol–water partition coefficient (Wildman–Crippen LogP) is 4.67. The molecule has 3 aromatic carbocycles. The molecule has 4 aromatic rings. The number of benzene rings is 3. The van der Waals surface area contributed by atoms with E-state index in [9.17, 15) is 4.79 Å². The van der Waals surface area contributed by atoms with Gasteiger partial charge < -0.3 is 15.0 Å². The van der Waals surface area contributed by atoms with Crippen molar-refractivity contribution in [3.8, 4) is 23.2 Å². The van der Waals surface area contributed by atoms with E-state index in [1.165, 1.54) is 0 Å². The maximum absolute atomic E-state index is 12.7. The van der Waals surface area contributed by atoms with Crippen LogP contribution in [0.2, 0.25) is 0 Å². The molecular formula is C23H18N4O2. The van der Waals surface area contributed by atoms with E-state index in [1.807, 2.05) is 37.3 Å². The molecule has 0 spiro atoms. The lowest BCUT2D eigenvalue weighted by Gasteiger charge is -2.10. The van der Waals surface area contributed by atoms with Gasteiger partial charge in [-0.1, -0.05) is 6.07 Å². The number of carbonyl (C=O) groups is 1. The standard InChI is InChI=1S/C23H18N4O2/c1-14-3-9-18(29-2)12-20(14)27-23(28)17-8-10-19-21(11-17)26-22(25-19)16-6-4-15(13-24)5-7-16/h3-12H,1-2H3,(H,25,26)(H,27,28). The van der Waals surface area contributed by atoms with Gasteiger partial charge in [0.25, 0.3) is 5.91 Å². The number of imidazole rings is 1. The van der Waals surface area contributed by atoms with Crippen LogP contribution in [-0.4, -0.2) is 23.0 Å². The highest BCUT2D eigenvalue weighted by atomic mass is 16.5. The van der Waals surface area contributed by atoms with Gasteiger partial charge in [-0.25, -0.2) is 4.98 Å². The molecule has 0 radical (unpaired) electrons. The van der Waals surface area contributed by atoms with Crippen molar-refractivity contribution in [2.24, 2.45) is 0 Å². The molecule has 0 atom stereocenters. The molecular weight excluding hydrogens is 364 g/mol. The van der Waals surface area contributed by atoms with Crippen LogP contribution in [-0.2, 0) is 0 Å². The highest BCUT2D eigenvalue weighted by molar-refractivity contribution is 6.06. The molecule has 1 aromatic heterocycles. The molecule has 0 bridgehead atoms. The number of hydrogen-bond donors (Lipinski definition) is 2. The van der Waals surface area contributed by atoms with E-state index in [0.29, 0.717) is 28.4 Å². The van der Waals surface area contributed by atoms with Crippen molar-refractivity contribution < 1.29 is 9.53 Å². The number of nitriles is 1. The van der Waals surface area contributed by atoms with Crippen molar-refractivity contribution in [1.29, 1.82) is 5.26 Å². The molecule has 6 heteroatoms.